The summed E-state index contributed by atoms with van der Waals surface area (Å²) in [4.78, 5) is 0. The van der Waals surface area contributed by atoms with E-state index in [9.17, 15) is 0 Å². The van der Waals surface area contributed by atoms with Crippen molar-refractivity contribution in [3.8, 4) is 5.75 Å². The zero-order chi connectivity index (χ0) is 17.9. The molecule has 1 aromatic carbocycles. The number of nitrogens with zero attached hydrogens (tertiary/aromatic N) is 1. The van der Waals surface area contributed by atoms with Gasteiger partial charge in [-0.3, -0.25) is 0 Å². The fourth-order valence-corrected chi connectivity index (χ4v) is 1.58. The minimum absolute atomic E-state index is 0.455. The molecule has 1 heterocycles. The Balaban J connectivity index is 0.00000123. The number of hydrogen-bond acceptors (Lipinski definition) is 5. The maximum atomic E-state index is 5.55. The summed E-state index contributed by atoms with van der Waals surface area (Å²) in [5, 5.41) is 3.75. The van der Waals surface area contributed by atoms with Crippen molar-refractivity contribution in [1.82, 2.24) is 5.16 Å². The zero-order valence-electron chi connectivity index (χ0n) is 15.4. The minimum Gasteiger partial charge on any atom is -0.494 e. The third kappa shape index (κ3) is 11.7. The van der Waals surface area contributed by atoms with Crippen LogP contribution in [0, 0.1) is 0 Å². The van der Waals surface area contributed by atoms with Gasteiger partial charge < -0.3 is 18.7 Å². The summed E-state index contributed by atoms with van der Waals surface area (Å²) in [6.07, 6.45) is 2.39. The van der Waals surface area contributed by atoms with Gasteiger partial charge in [0.2, 0.25) is 0 Å². The first kappa shape index (κ1) is 22.1. The summed E-state index contributed by atoms with van der Waals surface area (Å²) in [6.45, 7) is 10.9. The molecular formula is C19H31NO4. The summed E-state index contributed by atoms with van der Waals surface area (Å²) >= 11 is 0. The molecule has 0 aliphatic rings. The smallest absolute Gasteiger partial charge is 0.124 e. The van der Waals surface area contributed by atoms with Crippen molar-refractivity contribution in [2.75, 3.05) is 26.4 Å². The Hall–Kier alpha value is -1.85. The summed E-state index contributed by atoms with van der Waals surface area (Å²) in [5.74, 6) is 0.892. The molecule has 0 amide bonds. The third-order valence-electron chi connectivity index (χ3n) is 2.56. The molecule has 0 saturated heterocycles. The second kappa shape index (κ2) is 17.5. The summed E-state index contributed by atoms with van der Waals surface area (Å²) < 4.78 is 21.1. The summed E-state index contributed by atoms with van der Waals surface area (Å²) in [6, 6.07) is 11.5. The summed E-state index contributed by atoms with van der Waals surface area (Å²) in [5.41, 5.74) is 0.793. The van der Waals surface area contributed by atoms with Crippen LogP contribution in [0.25, 0.3) is 0 Å². The molecule has 5 nitrogen and oxygen atoms in total. The highest BCUT2D eigenvalue weighted by atomic mass is 16.5. The van der Waals surface area contributed by atoms with E-state index in [1.165, 1.54) is 6.26 Å². The van der Waals surface area contributed by atoms with Crippen LogP contribution in [-0.2, 0) is 16.1 Å². The van der Waals surface area contributed by atoms with Gasteiger partial charge in [0, 0.05) is 19.1 Å². The molecule has 0 spiro atoms. The van der Waals surface area contributed by atoms with E-state index < -0.39 is 0 Å². The molecule has 136 valence electrons. The van der Waals surface area contributed by atoms with Gasteiger partial charge in [-0.25, -0.2) is 0 Å². The highest BCUT2D eigenvalue weighted by Gasteiger charge is 1.96. The SMILES string of the molecule is CC.CC.c1ccc(OCCCOCCOCc2ccon2)cc1. The van der Waals surface area contributed by atoms with Crippen molar-refractivity contribution < 1.29 is 18.7 Å². The van der Waals surface area contributed by atoms with Gasteiger partial charge in [0.1, 0.15) is 17.7 Å². The monoisotopic (exact) mass is 337 g/mol. The van der Waals surface area contributed by atoms with Crippen LogP contribution < -0.4 is 4.74 Å². The van der Waals surface area contributed by atoms with Crippen LogP contribution in [0.15, 0.2) is 47.2 Å². The van der Waals surface area contributed by atoms with Gasteiger partial charge in [0.05, 0.1) is 26.4 Å². The average molecular weight is 337 g/mol. The van der Waals surface area contributed by atoms with E-state index >= 15 is 0 Å². The fraction of sp³-hybridized carbons (Fsp3) is 0.526. The molecule has 0 atom stereocenters. The Labute approximate surface area is 145 Å². The van der Waals surface area contributed by atoms with Gasteiger partial charge in [-0.15, -0.1) is 0 Å². The van der Waals surface area contributed by atoms with E-state index in [4.69, 9.17) is 18.7 Å². The van der Waals surface area contributed by atoms with Gasteiger partial charge in [0.25, 0.3) is 0 Å². The molecule has 1 aromatic heterocycles. The molecule has 0 radical (unpaired) electrons. The van der Waals surface area contributed by atoms with Crippen LogP contribution in [-0.4, -0.2) is 31.6 Å². The molecule has 0 bridgehead atoms. The van der Waals surface area contributed by atoms with Crippen molar-refractivity contribution in [3.05, 3.63) is 48.4 Å². The van der Waals surface area contributed by atoms with Crippen LogP contribution >= 0.6 is 0 Å². The van der Waals surface area contributed by atoms with Gasteiger partial charge in [-0.1, -0.05) is 51.1 Å². The topological polar surface area (TPSA) is 53.7 Å². The van der Waals surface area contributed by atoms with Crippen LogP contribution in [0.2, 0.25) is 0 Å². The quantitative estimate of drug-likeness (QED) is 0.587. The molecule has 2 aromatic rings. The molecular weight excluding hydrogens is 306 g/mol. The molecule has 0 N–H and O–H groups in total. The maximum absolute atomic E-state index is 5.55. The Morgan fingerprint density at radius 2 is 1.54 bits per heavy atom. The third-order valence-corrected chi connectivity index (χ3v) is 2.56. The lowest BCUT2D eigenvalue weighted by Gasteiger charge is -2.07. The average Bonchev–Trinajstić information content (AvgIpc) is 3.18. The van der Waals surface area contributed by atoms with Crippen molar-refractivity contribution in [1.29, 1.82) is 0 Å². The number of hydrogen-bond donors (Lipinski definition) is 0. The van der Waals surface area contributed by atoms with Crippen molar-refractivity contribution >= 4 is 0 Å². The second-order valence-electron chi connectivity index (χ2n) is 4.17. The van der Waals surface area contributed by atoms with Crippen LogP contribution in [0.5, 0.6) is 5.75 Å². The molecule has 0 aliphatic carbocycles. The van der Waals surface area contributed by atoms with Crippen molar-refractivity contribution in [2.24, 2.45) is 0 Å². The number of para-hydroxylation sites is 1. The first-order valence-electron chi connectivity index (χ1n) is 8.68. The van der Waals surface area contributed by atoms with Crippen molar-refractivity contribution in [3.63, 3.8) is 0 Å². The van der Waals surface area contributed by atoms with Gasteiger partial charge >= 0.3 is 0 Å². The van der Waals surface area contributed by atoms with E-state index in [0.29, 0.717) is 33.0 Å². The standard InChI is InChI=1S/C15H19NO4.2C2H6/c1-2-5-15(6-3-1)19-9-4-8-17-11-12-18-13-14-7-10-20-16-14;2*1-2/h1-3,5-7,10H,4,8-9,11-13H2;2*1-2H3. The fourth-order valence-electron chi connectivity index (χ4n) is 1.58. The predicted molar refractivity (Wildman–Crippen MR) is 96.2 cm³/mol. The molecule has 24 heavy (non-hydrogen) atoms. The Bertz CT molecular complexity index is 446. The van der Waals surface area contributed by atoms with Crippen LogP contribution in [0.3, 0.4) is 0 Å². The molecule has 0 unspecified atom stereocenters. The predicted octanol–water partition coefficient (Wildman–Crippen LogP) is 4.73. The van der Waals surface area contributed by atoms with E-state index in [2.05, 4.69) is 5.16 Å². The molecule has 0 saturated carbocycles. The normalized spacial score (nSPS) is 9.33. The molecule has 0 fully saturated rings. The Kier molecular flexibility index (Phi) is 16.2. The lowest BCUT2D eigenvalue weighted by Crippen LogP contribution is -2.08. The van der Waals surface area contributed by atoms with E-state index in [1.54, 1.807) is 6.07 Å². The van der Waals surface area contributed by atoms with Crippen LogP contribution in [0.1, 0.15) is 39.8 Å². The number of benzene rings is 1. The van der Waals surface area contributed by atoms with E-state index in [1.807, 2.05) is 58.0 Å². The number of rotatable bonds is 10. The largest absolute Gasteiger partial charge is 0.494 e. The lowest BCUT2D eigenvalue weighted by molar-refractivity contribution is 0.0351. The van der Waals surface area contributed by atoms with Gasteiger partial charge in [-0.05, 0) is 12.1 Å². The minimum atomic E-state index is 0.455. The first-order valence-corrected chi connectivity index (χ1v) is 8.68. The molecule has 0 aliphatic heterocycles. The highest BCUT2D eigenvalue weighted by Crippen LogP contribution is 2.08. The molecule has 2 rings (SSSR count). The summed E-state index contributed by atoms with van der Waals surface area (Å²) in [7, 11) is 0. The second-order valence-corrected chi connectivity index (χ2v) is 4.17. The molecule has 5 heteroatoms. The number of aromatic nitrogens is 1. The Morgan fingerprint density at radius 3 is 2.21 bits per heavy atom. The first-order chi connectivity index (χ1) is 11.9. The highest BCUT2D eigenvalue weighted by molar-refractivity contribution is 5.20. The van der Waals surface area contributed by atoms with Gasteiger partial charge in [0.15, 0.2) is 0 Å². The van der Waals surface area contributed by atoms with Gasteiger partial charge in [-0.2, -0.15) is 0 Å². The maximum Gasteiger partial charge on any atom is 0.124 e. The van der Waals surface area contributed by atoms with Crippen LogP contribution in [0.4, 0.5) is 0 Å². The lowest BCUT2D eigenvalue weighted by atomic mass is 10.3. The number of ether oxygens (including phenoxy) is 3. The van der Waals surface area contributed by atoms with Crippen molar-refractivity contribution in [2.45, 2.75) is 40.7 Å². The van der Waals surface area contributed by atoms with E-state index in [0.717, 1.165) is 17.9 Å². The van der Waals surface area contributed by atoms with E-state index in [-0.39, 0.29) is 0 Å². The zero-order valence-corrected chi connectivity index (χ0v) is 15.4. The Morgan fingerprint density at radius 1 is 0.833 bits per heavy atom.